The molecule has 1 saturated heterocycles. The number of benzene rings is 4. The van der Waals surface area contributed by atoms with Crippen LogP contribution in [0, 0.1) is 17.0 Å². The highest BCUT2D eigenvalue weighted by Crippen LogP contribution is 2.50. The zero-order chi connectivity index (χ0) is 43.0. The van der Waals surface area contributed by atoms with Crippen LogP contribution in [0.15, 0.2) is 119 Å². The monoisotopic (exact) mass is 840 g/mol. The second kappa shape index (κ2) is 19.9. The summed E-state index contributed by atoms with van der Waals surface area (Å²) in [7, 11) is 1.52. The molecular formula is C45H53N4O10P. The zero-order valence-electron chi connectivity index (χ0n) is 35.0. The molecule has 0 bridgehead atoms. The molecule has 0 spiro atoms. The molecule has 15 heteroatoms. The summed E-state index contributed by atoms with van der Waals surface area (Å²) in [4.78, 5) is 38.9. The number of aryl methyl sites for hydroxylation is 1. The fourth-order valence-electron chi connectivity index (χ4n) is 7.48. The number of H-pyrrole nitrogens is 1. The minimum Gasteiger partial charge on any atom is -0.497 e. The van der Waals surface area contributed by atoms with Crippen LogP contribution in [-0.2, 0) is 30.5 Å². The van der Waals surface area contributed by atoms with Gasteiger partial charge in [-0.2, -0.15) is 0 Å². The number of non-ortho nitro benzene ring substituents is 1. The van der Waals surface area contributed by atoms with Crippen molar-refractivity contribution < 1.29 is 32.9 Å². The van der Waals surface area contributed by atoms with Gasteiger partial charge in [0.25, 0.3) is 19.8 Å². The lowest BCUT2D eigenvalue weighted by molar-refractivity contribution is -0.384. The molecule has 0 aliphatic carbocycles. The number of nitro benzene ring substituents is 1. The van der Waals surface area contributed by atoms with E-state index in [4.69, 9.17) is 28.0 Å². The van der Waals surface area contributed by atoms with E-state index in [1.165, 1.54) is 22.9 Å². The van der Waals surface area contributed by atoms with E-state index in [9.17, 15) is 19.7 Å². The standard InChI is InChI=1S/C45H53N4O10P/c1-30(2)48(31(3)4)60(57-26-25-33-13-19-37(20-14-33)49(52)53)59-40-27-42(47-28-32(5)43(50)46-44(47)51)58-41(40)29-56-45(34-11-9-8-10-12-34,35-15-21-38(54-6)22-16-35)36-17-23-39(55-7)24-18-36/h8-24,28,30-31,40-42H,25-27,29H2,1-7H3,(H,46,50,51)/t40-,41+,42+,60?/m0/s1. The SMILES string of the molecule is COc1ccc(C(OC[C@H]2O[C@@H](n3cc(C)c(=O)[nH]c3=O)C[C@@H]2OP(OCCc2ccc([N+](=O)[O-])cc2)N(C(C)C)C(C)C)(c2ccccc2)c2ccc(OC)cc2)cc1. The van der Waals surface area contributed by atoms with E-state index >= 15 is 0 Å². The van der Waals surface area contributed by atoms with E-state index in [1.807, 2.05) is 78.9 Å². The lowest BCUT2D eigenvalue weighted by atomic mass is 9.80. The predicted octanol–water partition coefficient (Wildman–Crippen LogP) is 8.06. The van der Waals surface area contributed by atoms with Crippen molar-refractivity contribution in [3.63, 3.8) is 0 Å². The lowest BCUT2D eigenvalue weighted by Crippen LogP contribution is -2.39. The molecule has 60 heavy (non-hydrogen) atoms. The molecule has 2 heterocycles. The number of hydrogen-bond donors (Lipinski definition) is 1. The van der Waals surface area contributed by atoms with Gasteiger partial charge in [-0.05, 0) is 87.6 Å². The number of hydrogen-bond acceptors (Lipinski definition) is 11. The Morgan fingerprint density at radius 1 is 0.867 bits per heavy atom. The van der Waals surface area contributed by atoms with Crippen molar-refractivity contribution in [3.8, 4) is 11.5 Å². The Balaban J connectivity index is 1.39. The number of nitrogens with one attached hydrogen (secondary N) is 1. The first-order chi connectivity index (χ1) is 28.8. The van der Waals surface area contributed by atoms with Crippen LogP contribution in [-0.4, -0.2) is 70.9 Å². The molecule has 1 aliphatic heterocycles. The molecule has 0 amide bonds. The predicted molar refractivity (Wildman–Crippen MR) is 230 cm³/mol. The summed E-state index contributed by atoms with van der Waals surface area (Å²) in [6.07, 6.45) is 0.0850. The topological polar surface area (TPSA) is 157 Å². The quantitative estimate of drug-likeness (QED) is 0.0371. The minimum atomic E-state index is -1.73. The van der Waals surface area contributed by atoms with E-state index < -0.39 is 48.7 Å². The number of ether oxygens (including phenoxy) is 4. The van der Waals surface area contributed by atoms with E-state index in [1.54, 1.807) is 33.3 Å². The Labute approximate surface area is 351 Å². The van der Waals surface area contributed by atoms with Gasteiger partial charge in [-0.1, -0.05) is 66.7 Å². The van der Waals surface area contributed by atoms with Crippen LogP contribution in [0.3, 0.4) is 0 Å². The summed E-state index contributed by atoms with van der Waals surface area (Å²) in [5, 5.41) is 11.2. The first kappa shape index (κ1) is 44.3. The van der Waals surface area contributed by atoms with Gasteiger partial charge in [-0.3, -0.25) is 24.5 Å². The number of rotatable bonds is 19. The van der Waals surface area contributed by atoms with Gasteiger partial charge in [0, 0.05) is 42.4 Å². The van der Waals surface area contributed by atoms with Crippen molar-refractivity contribution in [2.75, 3.05) is 27.4 Å². The average Bonchev–Trinajstić information content (AvgIpc) is 3.64. The first-order valence-corrected chi connectivity index (χ1v) is 21.0. The third-order valence-corrected chi connectivity index (χ3v) is 12.6. The third kappa shape index (κ3) is 10.0. The highest BCUT2D eigenvalue weighted by Gasteiger charge is 2.45. The van der Waals surface area contributed by atoms with Gasteiger partial charge in [0.2, 0.25) is 0 Å². The normalized spacial score (nSPS) is 17.3. The average molecular weight is 841 g/mol. The van der Waals surface area contributed by atoms with Crippen LogP contribution in [0.4, 0.5) is 5.69 Å². The maximum Gasteiger partial charge on any atom is 0.330 e. The molecule has 1 aliphatic rings. The van der Waals surface area contributed by atoms with Gasteiger partial charge in [-0.25, -0.2) is 9.46 Å². The molecule has 318 valence electrons. The van der Waals surface area contributed by atoms with Gasteiger partial charge in [0.15, 0.2) is 0 Å². The second-order valence-electron chi connectivity index (χ2n) is 15.1. The Hall–Kier alpha value is -5.21. The van der Waals surface area contributed by atoms with Crippen LogP contribution in [0.1, 0.15) is 68.2 Å². The van der Waals surface area contributed by atoms with E-state index in [0.29, 0.717) is 23.5 Å². The molecule has 1 aromatic heterocycles. The Bertz CT molecular complexity index is 2230. The first-order valence-electron chi connectivity index (χ1n) is 19.9. The molecule has 1 N–H and O–H groups in total. The van der Waals surface area contributed by atoms with Crippen LogP contribution < -0.4 is 20.7 Å². The Morgan fingerprint density at radius 3 is 1.97 bits per heavy atom. The van der Waals surface area contributed by atoms with Crippen LogP contribution >= 0.6 is 8.53 Å². The largest absolute Gasteiger partial charge is 0.497 e. The van der Waals surface area contributed by atoms with Crippen LogP contribution in [0.5, 0.6) is 11.5 Å². The Morgan fingerprint density at radius 2 is 1.43 bits per heavy atom. The maximum atomic E-state index is 13.3. The fraction of sp³-hybridized carbons (Fsp3) is 0.378. The molecule has 14 nitrogen and oxygen atoms in total. The molecule has 4 aromatic carbocycles. The number of aromatic amines is 1. The summed E-state index contributed by atoms with van der Waals surface area (Å²) in [6, 6.07) is 31.9. The number of nitro groups is 1. The summed E-state index contributed by atoms with van der Waals surface area (Å²) in [5.74, 6) is 1.38. The molecular weight excluding hydrogens is 787 g/mol. The molecule has 5 aromatic rings. The summed E-state index contributed by atoms with van der Waals surface area (Å²) < 4.78 is 42.3. The van der Waals surface area contributed by atoms with E-state index in [2.05, 4.69) is 37.3 Å². The van der Waals surface area contributed by atoms with Gasteiger partial charge >= 0.3 is 5.69 Å². The summed E-state index contributed by atoms with van der Waals surface area (Å²) in [6.45, 7) is 10.2. The molecule has 1 unspecified atom stereocenters. The molecule has 0 saturated carbocycles. The van der Waals surface area contributed by atoms with Gasteiger partial charge < -0.3 is 28.0 Å². The zero-order valence-corrected chi connectivity index (χ0v) is 35.9. The van der Waals surface area contributed by atoms with Gasteiger partial charge in [-0.15, -0.1) is 0 Å². The van der Waals surface area contributed by atoms with Crippen molar-refractivity contribution >= 4 is 14.2 Å². The highest BCUT2D eigenvalue weighted by molar-refractivity contribution is 7.44. The van der Waals surface area contributed by atoms with Crippen LogP contribution in [0.25, 0.3) is 0 Å². The number of aromatic nitrogens is 2. The van der Waals surface area contributed by atoms with Crippen molar-refractivity contribution in [2.24, 2.45) is 0 Å². The third-order valence-electron chi connectivity index (χ3n) is 10.5. The number of nitrogens with zero attached hydrogens (tertiary/aromatic N) is 3. The van der Waals surface area contributed by atoms with E-state index in [0.717, 1.165) is 22.3 Å². The second-order valence-corrected chi connectivity index (χ2v) is 16.5. The van der Waals surface area contributed by atoms with Crippen molar-refractivity contribution in [1.29, 1.82) is 0 Å². The maximum absolute atomic E-state index is 13.3. The number of methoxy groups -OCH3 is 2. The molecule has 1 fully saturated rings. The summed E-state index contributed by atoms with van der Waals surface area (Å²) >= 11 is 0. The minimum absolute atomic E-state index is 0.0144. The lowest BCUT2D eigenvalue weighted by Gasteiger charge is -2.39. The van der Waals surface area contributed by atoms with Crippen LogP contribution in [0.2, 0.25) is 0 Å². The molecule has 0 radical (unpaired) electrons. The molecule has 6 rings (SSSR count). The summed E-state index contributed by atoms with van der Waals surface area (Å²) in [5.41, 5.74) is 1.57. The smallest absolute Gasteiger partial charge is 0.330 e. The van der Waals surface area contributed by atoms with Crippen molar-refractivity contribution in [1.82, 2.24) is 14.2 Å². The fourth-order valence-corrected chi connectivity index (χ4v) is 9.24. The Kier molecular flexibility index (Phi) is 14.7. The van der Waals surface area contributed by atoms with Crippen molar-refractivity contribution in [3.05, 3.63) is 168 Å². The van der Waals surface area contributed by atoms with Gasteiger partial charge in [0.05, 0.1) is 38.5 Å². The highest BCUT2D eigenvalue weighted by atomic mass is 31.2. The van der Waals surface area contributed by atoms with E-state index in [-0.39, 0.29) is 37.4 Å². The molecule has 4 atom stereocenters. The van der Waals surface area contributed by atoms with Gasteiger partial charge in [0.1, 0.15) is 29.4 Å². The van der Waals surface area contributed by atoms with Crippen molar-refractivity contribution in [2.45, 2.75) is 83.6 Å².